The van der Waals surface area contributed by atoms with Gasteiger partial charge in [0.15, 0.2) is 0 Å². The van der Waals surface area contributed by atoms with E-state index in [-0.39, 0.29) is 6.04 Å². The van der Waals surface area contributed by atoms with Crippen LogP contribution in [0.25, 0.3) is 11.3 Å². The molecule has 0 radical (unpaired) electrons. The number of hydrogen-bond donors (Lipinski definition) is 0. The van der Waals surface area contributed by atoms with Crippen molar-refractivity contribution in [2.45, 2.75) is 19.9 Å². The van der Waals surface area contributed by atoms with E-state index >= 15 is 0 Å². The molecule has 0 amide bonds. The maximum absolute atomic E-state index is 4.38. The average molecular weight is 342 g/mol. The normalized spacial score (nSPS) is 12.1. The second-order valence-corrected chi connectivity index (χ2v) is 6.24. The molecule has 4 aromatic rings. The van der Waals surface area contributed by atoms with Crippen LogP contribution in [0.15, 0.2) is 67.6 Å². The molecule has 1 aromatic carbocycles. The number of pyridine rings is 1. The molecular weight excluding hydrogens is 324 g/mol. The third-order valence-electron chi connectivity index (χ3n) is 4.48. The van der Waals surface area contributed by atoms with Gasteiger partial charge in [0.05, 0.1) is 6.20 Å². The van der Waals surface area contributed by atoms with E-state index in [0.717, 1.165) is 22.4 Å². The van der Waals surface area contributed by atoms with Gasteiger partial charge in [-0.25, -0.2) is 14.6 Å². The van der Waals surface area contributed by atoms with Gasteiger partial charge in [-0.1, -0.05) is 29.5 Å². The molecule has 0 spiro atoms. The number of rotatable bonds is 4. The third kappa shape index (κ3) is 3.09. The van der Waals surface area contributed by atoms with Gasteiger partial charge in [0.25, 0.3) is 0 Å². The maximum Gasteiger partial charge on any atom is 0.116 e. The second kappa shape index (κ2) is 6.84. The predicted octanol–water partition coefficient (Wildman–Crippen LogP) is 3.38. The lowest BCUT2D eigenvalue weighted by molar-refractivity contribution is 0.569. The molecule has 0 bridgehead atoms. The third-order valence-corrected chi connectivity index (χ3v) is 4.48. The van der Waals surface area contributed by atoms with Crippen molar-refractivity contribution in [1.29, 1.82) is 0 Å². The van der Waals surface area contributed by atoms with Gasteiger partial charge in [0, 0.05) is 30.4 Å². The molecule has 128 valence electrons. The maximum atomic E-state index is 4.38. The Hall–Kier alpha value is -3.41. The molecule has 0 aliphatic carbocycles. The zero-order valence-electron chi connectivity index (χ0n) is 14.6. The molecule has 6 heteroatoms. The lowest BCUT2D eigenvalue weighted by Gasteiger charge is -2.18. The van der Waals surface area contributed by atoms with Crippen LogP contribution in [0.1, 0.15) is 28.3 Å². The number of aryl methyl sites for hydroxylation is 2. The van der Waals surface area contributed by atoms with E-state index < -0.39 is 0 Å². The molecular formula is C20H18N6. The van der Waals surface area contributed by atoms with Crippen molar-refractivity contribution in [2.24, 2.45) is 0 Å². The summed E-state index contributed by atoms with van der Waals surface area (Å²) in [6.45, 7) is 4.23. The number of hydrogen-bond acceptors (Lipinski definition) is 5. The van der Waals surface area contributed by atoms with Crippen LogP contribution >= 0.6 is 0 Å². The van der Waals surface area contributed by atoms with Gasteiger partial charge >= 0.3 is 0 Å². The van der Waals surface area contributed by atoms with Gasteiger partial charge in [-0.05, 0) is 42.2 Å². The van der Waals surface area contributed by atoms with Crippen molar-refractivity contribution in [3.05, 3.63) is 89.9 Å². The summed E-state index contributed by atoms with van der Waals surface area (Å²) in [7, 11) is 0. The smallest absolute Gasteiger partial charge is 0.116 e. The van der Waals surface area contributed by atoms with Crippen LogP contribution in [0.2, 0.25) is 0 Å². The molecule has 0 N–H and O–H groups in total. The molecule has 6 nitrogen and oxygen atoms in total. The zero-order valence-corrected chi connectivity index (χ0v) is 14.6. The number of nitrogens with zero attached hydrogens (tertiary/aromatic N) is 6. The topological polar surface area (TPSA) is 69.4 Å². The van der Waals surface area contributed by atoms with Gasteiger partial charge in [-0.3, -0.25) is 4.98 Å². The van der Waals surface area contributed by atoms with Gasteiger partial charge in [-0.2, -0.15) is 0 Å². The summed E-state index contributed by atoms with van der Waals surface area (Å²) in [5.41, 5.74) is 6.28. The van der Waals surface area contributed by atoms with E-state index in [1.807, 2.05) is 23.1 Å². The van der Waals surface area contributed by atoms with Crippen LogP contribution in [0, 0.1) is 13.8 Å². The second-order valence-electron chi connectivity index (χ2n) is 6.24. The summed E-state index contributed by atoms with van der Waals surface area (Å²) >= 11 is 0. The standard InChI is InChI=1S/C20H18N6/c1-14-5-6-16(8-15(14)2)20(17-4-3-7-21-9-17)26-12-19(24-25-26)18-10-22-13-23-11-18/h3-13,20H,1-2H3/t20-/m0/s1. The van der Waals surface area contributed by atoms with Gasteiger partial charge < -0.3 is 0 Å². The Balaban J connectivity index is 1.81. The Morgan fingerprint density at radius 3 is 2.46 bits per heavy atom. The van der Waals surface area contributed by atoms with Gasteiger partial charge in [-0.15, -0.1) is 5.10 Å². The van der Waals surface area contributed by atoms with Crippen LogP contribution < -0.4 is 0 Å². The van der Waals surface area contributed by atoms with E-state index in [2.05, 4.69) is 63.4 Å². The molecule has 26 heavy (non-hydrogen) atoms. The Bertz CT molecular complexity index is 1010. The lowest BCUT2D eigenvalue weighted by Crippen LogP contribution is -2.13. The highest BCUT2D eigenvalue weighted by Gasteiger charge is 2.19. The Morgan fingerprint density at radius 2 is 1.73 bits per heavy atom. The number of benzene rings is 1. The van der Waals surface area contributed by atoms with Crippen LogP contribution in [-0.2, 0) is 0 Å². The van der Waals surface area contributed by atoms with E-state index in [1.165, 1.54) is 17.5 Å². The highest BCUT2D eigenvalue weighted by atomic mass is 15.4. The minimum Gasteiger partial charge on any atom is -0.264 e. The van der Waals surface area contributed by atoms with Crippen LogP contribution in [0.5, 0.6) is 0 Å². The van der Waals surface area contributed by atoms with E-state index in [9.17, 15) is 0 Å². The molecule has 4 rings (SSSR count). The van der Waals surface area contributed by atoms with Crippen molar-refractivity contribution < 1.29 is 0 Å². The fraction of sp³-hybridized carbons (Fsp3) is 0.150. The van der Waals surface area contributed by atoms with Gasteiger partial charge in [0.2, 0.25) is 0 Å². The number of aromatic nitrogens is 6. The molecule has 0 unspecified atom stereocenters. The first-order chi connectivity index (χ1) is 12.7. The summed E-state index contributed by atoms with van der Waals surface area (Å²) in [5.74, 6) is 0. The molecule has 0 aliphatic heterocycles. The molecule has 0 fully saturated rings. The molecule has 0 saturated heterocycles. The first-order valence-electron chi connectivity index (χ1n) is 8.36. The summed E-state index contributed by atoms with van der Waals surface area (Å²) in [6.07, 6.45) is 10.5. The van der Waals surface area contributed by atoms with E-state index in [0.29, 0.717) is 0 Å². The molecule has 3 heterocycles. The fourth-order valence-electron chi connectivity index (χ4n) is 2.94. The Morgan fingerprint density at radius 1 is 0.885 bits per heavy atom. The SMILES string of the molecule is Cc1ccc([C@@H](c2cccnc2)n2cc(-c3cncnc3)nn2)cc1C. The van der Waals surface area contributed by atoms with Crippen molar-refractivity contribution in [3.8, 4) is 11.3 Å². The van der Waals surface area contributed by atoms with Crippen LogP contribution in [0.4, 0.5) is 0 Å². The summed E-state index contributed by atoms with van der Waals surface area (Å²) < 4.78 is 1.86. The van der Waals surface area contributed by atoms with E-state index in [1.54, 1.807) is 18.6 Å². The van der Waals surface area contributed by atoms with Crippen LogP contribution in [-0.4, -0.2) is 29.9 Å². The van der Waals surface area contributed by atoms with Crippen molar-refractivity contribution in [2.75, 3.05) is 0 Å². The Kier molecular flexibility index (Phi) is 4.23. The summed E-state index contributed by atoms with van der Waals surface area (Å²) in [4.78, 5) is 12.4. The van der Waals surface area contributed by atoms with Gasteiger partial charge in [0.1, 0.15) is 18.1 Å². The average Bonchev–Trinajstić information content (AvgIpc) is 3.16. The largest absolute Gasteiger partial charge is 0.264 e. The zero-order chi connectivity index (χ0) is 17.9. The minimum atomic E-state index is -0.103. The minimum absolute atomic E-state index is 0.103. The highest BCUT2D eigenvalue weighted by Crippen LogP contribution is 2.28. The van der Waals surface area contributed by atoms with Crippen LogP contribution in [0.3, 0.4) is 0 Å². The van der Waals surface area contributed by atoms with Crippen molar-refractivity contribution in [3.63, 3.8) is 0 Å². The monoisotopic (exact) mass is 342 g/mol. The predicted molar refractivity (Wildman–Crippen MR) is 98.4 cm³/mol. The summed E-state index contributed by atoms with van der Waals surface area (Å²) in [5, 5.41) is 8.69. The highest BCUT2D eigenvalue weighted by molar-refractivity contribution is 5.54. The Labute approximate surface area is 151 Å². The fourth-order valence-corrected chi connectivity index (χ4v) is 2.94. The first-order valence-corrected chi connectivity index (χ1v) is 8.36. The van der Waals surface area contributed by atoms with E-state index in [4.69, 9.17) is 0 Å². The quantitative estimate of drug-likeness (QED) is 0.568. The van der Waals surface area contributed by atoms with Crippen molar-refractivity contribution >= 4 is 0 Å². The molecule has 0 saturated carbocycles. The molecule has 3 aromatic heterocycles. The first kappa shape index (κ1) is 16.1. The molecule has 1 atom stereocenters. The molecule has 0 aliphatic rings. The summed E-state index contributed by atoms with van der Waals surface area (Å²) in [6, 6.07) is 10.4. The lowest BCUT2D eigenvalue weighted by atomic mass is 9.97. The van der Waals surface area contributed by atoms with Crippen molar-refractivity contribution in [1.82, 2.24) is 29.9 Å².